The van der Waals surface area contributed by atoms with E-state index in [1.54, 1.807) is 11.0 Å². The van der Waals surface area contributed by atoms with Gasteiger partial charge in [0, 0.05) is 37.0 Å². The molecule has 1 saturated carbocycles. The second-order valence-electron chi connectivity index (χ2n) is 9.24. The lowest BCUT2D eigenvalue weighted by Crippen LogP contribution is -2.42. The fourth-order valence-electron chi connectivity index (χ4n) is 4.54. The number of ether oxygens (including phenoxy) is 1. The molecule has 186 valence electrons. The molecule has 36 heavy (non-hydrogen) atoms. The summed E-state index contributed by atoms with van der Waals surface area (Å²) in [6, 6.07) is 12.2. The Labute approximate surface area is 209 Å². The average Bonchev–Trinajstić information content (AvgIpc) is 3.48. The number of urea groups is 1. The Balaban J connectivity index is 1.33. The number of rotatable bonds is 10. The molecule has 2 heterocycles. The highest BCUT2D eigenvalue weighted by Gasteiger charge is 2.30. The fourth-order valence-corrected chi connectivity index (χ4v) is 4.54. The summed E-state index contributed by atoms with van der Waals surface area (Å²) in [4.78, 5) is 37.8. The maximum absolute atomic E-state index is 13.1. The van der Waals surface area contributed by atoms with Crippen molar-refractivity contribution in [2.45, 2.75) is 38.9 Å². The molecule has 2 N–H and O–H groups in total. The number of hydrogen-bond donors (Lipinski definition) is 2. The first-order chi connectivity index (χ1) is 17.5. The van der Waals surface area contributed by atoms with Crippen molar-refractivity contribution in [3.63, 3.8) is 0 Å². The zero-order valence-electron chi connectivity index (χ0n) is 20.1. The van der Waals surface area contributed by atoms with Gasteiger partial charge in [-0.1, -0.05) is 30.3 Å². The van der Waals surface area contributed by atoms with E-state index < -0.39 is 12.1 Å². The van der Waals surface area contributed by atoms with Crippen LogP contribution in [0.2, 0.25) is 0 Å². The standard InChI is InChI=1S/C27H29N5O4/c1-2-36-23-10-9-21-14-31(26(34)24(21)11-23)16-25(30-27(35)28-17-33)20-7-5-19(6-8-20)22-12-29-32(15-22)13-18-3-4-18/h5-12,15,17-18,25H,2-4,13-14,16H2,1H3,(H2,28,30,33,35)/t25-/m0/s1. The van der Waals surface area contributed by atoms with Gasteiger partial charge in [-0.25, -0.2) is 4.79 Å². The molecule has 3 aromatic rings. The van der Waals surface area contributed by atoms with Crippen LogP contribution in [0.5, 0.6) is 5.75 Å². The molecule has 0 unspecified atom stereocenters. The van der Waals surface area contributed by atoms with Gasteiger partial charge < -0.3 is 15.0 Å². The number of imide groups is 1. The number of nitrogens with one attached hydrogen (secondary N) is 2. The number of aromatic nitrogens is 2. The van der Waals surface area contributed by atoms with E-state index in [1.165, 1.54) is 12.8 Å². The average molecular weight is 488 g/mol. The summed E-state index contributed by atoms with van der Waals surface area (Å²) in [6.07, 6.45) is 6.79. The number of carbonyl (C=O) groups is 3. The van der Waals surface area contributed by atoms with Crippen molar-refractivity contribution in [3.8, 4) is 16.9 Å². The van der Waals surface area contributed by atoms with Gasteiger partial charge in [-0.05, 0) is 54.5 Å². The molecule has 1 fully saturated rings. The number of fused-ring (bicyclic) bond motifs is 1. The van der Waals surface area contributed by atoms with Gasteiger partial charge in [-0.2, -0.15) is 5.10 Å². The summed E-state index contributed by atoms with van der Waals surface area (Å²) in [7, 11) is 0. The zero-order valence-corrected chi connectivity index (χ0v) is 20.1. The molecule has 4 amide bonds. The van der Waals surface area contributed by atoms with Crippen molar-refractivity contribution < 1.29 is 19.1 Å². The first-order valence-electron chi connectivity index (χ1n) is 12.2. The van der Waals surface area contributed by atoms with Gasteiger partial charge >= 0.3 is 6.03 Å². The quantitative estimate of drug-likeness (QED) is 0.426. The molecule has 0 spiro atoms. The lowest BCUT2D eigenvalue weighted by atomic mass is 10.0. The van der Waals surface area contributed by atoms with Crippen LogP contribution in [0.25, 0.3) is 11.1 Å². The molecule has 1 aliphatic carbocycles. The van der Waals surface area contributed by atoms with Crippen LogP contribution in [0.15, 0.2) is 54.9 Å². The van der Waals surface area contributed by atoms with Crippen molar-refractivity contribution in [2.75, 3.05) is 13.2 Å². The van der Waals surface area contributed by atoms with Gasteiger partial charge in [0.15, 0.2) is 0 Å². The van der Waals surface area contributed by atoms with Crippen LogP contribution >= 0.6 is 0 Å². The topological polar surface area (TPSA) is 106 Å². The molecule has 0 radical (unpaired) electrons. The highest BCUT2D eigenvalue weighted by Crippen LogP contribution is 2.32. The van der Waals surface area contributed by atoms with Gasteiger partial charge in [0.1, 0.15) is 5.75 Å². The van der Waals surface area contributed by atoms with Crippen LogP contribution in [0.1, 0.15) is 47.3 Å². The van der Waals surface area contributed by atoms with E-state index in [0.717, 1.165) is 34.7 Å². The molecule has 1 atom stereocenters. The molecular weight excluding hydrogens is 458 g/mol. The third-order valence-electron chi connectivity index (χ3n) is 6.59. The first kappa shape index (κ1) is 23.6. The van der Waals surface area contributed by atoms with Crippen LogP contribution < -0.4 is 15.4 Å². The van der Waals surface area contributed by atoms with Gasteiger partial charge in [0.2, 0.25) is 6.41 Å². The predicted molar refractivity (Wildman–Crippen MR) is 133 cm³/mol. The minimum Gasteiger partial charge on any atom is -0.494 e. The number of hydrogen-bond acceptors (Lipinski definition) is 5. The number of carbonyl (C=O) groups excluding carboxylic acids is 3. The summed E-state index contributed by atoms with van der Waals surface area (Å²) in [5, 5.41) is 9.40. The SMILES string of the molecule is CCOc1ccc2c(c1)C(=O)N(C[C@H](NC(=O)NC=O)c1ccc(-c3cnn(CC4CC4)c3)cc1)C2. The molecule has 9 heteroatoms. The van der Waals surface area contributed by atoms with Crippen molar-refractivity contribution in [2.24, 2.45) is 5.92 Å². The van der Waals surface area contributed by atoms with Crippen molar-refractivity contribution in [1.29, 1.82) is 0 Å². The van der Waals surface area contributed by atoms with Crippen LogP contribution in [-0.2, 0) is 17.9 Å². The second kappa shape index (κ2) is 10.2. The molecule has 9 nitrogen and oxygen atoms in total. The van der Waals surface area contributed by atoms with E-state index in [1.807, 2.05) is 54.2 Å². The zero-order chi connectivity index (χ0) is 25.1. The Morgan fingerprint density at radius 3 is 2.72 bits per heavy atom. The van der Waals surface area contributed by atoms with E-state index in [-0.39, 0.29) is 12.5 Å². The van der Waals surface area contributed by atoms with Crippen LogP contribution in [0, 0.1) is 5.92 Å². The molecule has 2 aliphatic rings. The van der Waals surface area contributed by atoms with E-state index in [2.05, 4.69) is 21.9 Å². The van der Waals surface area contributed by atoms with Gasteiger partial charge in [-0.15, -0.1) is 0 Å². The Morgan fingerprint density at radius 1 is 1.19 bits per heavy atom. The van der Waals surface area contributed by atoms with E-state index >= 15 is 0 Å². The maximum atomic E-state index is 13.1. The highest BCUT2D eigenvalue weighted by molar-refractivity contribution is 5.98. The van der Waals surface area contributed by atoms with Crippen LogP contribution in [-0.4, -0.2) is 46.2 Å². The van der Waals surface area contributed by atoms with Crippen LogP contribution in [0.4, 0.5) is 4.79 Å². The molecule has 2 aromatic carbocycles. The third kappa shape index (κ3) is 5.25. The number of nitrogens with zero attached hydrogens (tertiary/aromatic N) is 3. The van der Waals surface area contributed by atoms with E-state index in [0.29, 0.717) is 30.9 Å². The first-order valence-corrected chi connectivity index (χ1v) is 12.2. The Morgan fingerprint density at radius 2 is 2.00 bits per heavy atom. The Bertz CT molecular complexity index is 1270. The summed E-state index contributed by atoms with van der Waals surface area (Å²) in [6.45, 7) is 4.06. The normalized spacial score (nSPS) is 15.4. The minimum absolute atomic E-state index is 0.117. The molecule has 5 rings (SSSR count). The lowest BCUT2D eigenvalue weighted by Gasteiger charge is -2.25. The Kier molecular flexibility index (Phi) is 6.71. The van der Waals surface area contributed by atoms with Gasteiger partial charge in [-0.3, -0.25) is 19.6 Å². The summed E-state index contributed by atoms with van der Waals surface area (Å²) < 4.78 is 7.53. The smallest absolute Gasteiger partial charge is 0.321 e. The monoisotopic (exact) mass is 487 g/mol. The second-order valence-corrected chi connectivity index (χ2v) is 9.24. The molecule has 0 bridgehead atoms. The highest BCUT2D eigenvalue weighted by atomic mass is 16.5. The molecular formula is C27H29N5O4. The van der Waals surface area contributed by atoms with Gasteiger partial charge in [0.05, 0.1) is 18.8 Å². The Hall–Kier alpha value is -4.14. The minimum atomic E-state index is -0.622. The van der Waals surface area contributed by atoms with Crippen molar-refractivity contribution in [1.82, 2.24) is 25.3 Å². The van der Waals surface area contributed by atoms with Crippen LogP contribution in [0.3, 0.4) is 0 Å². The predicted octanol–water partition coefficient (Wildman–Crippen LogP) is 3.51. The molecule has 1 aliphatic heterocycles. The van der Waals surface area contributed by atoms with Crippen molar-refractivity contribution in [3.05, 3.63) is 71.5 Å². The summed E-state index contributed by atoms with van der Waals surface area (Å²) >= 11 is 0. The largest absolute Gasteiger partial charge is 0.494 e. The number of amides is 4. The number of benzene rings is 2. The summed E-state index contributed by atoms with van der Waals surface area (Å²) in [5.74, 6) is 1.28. The van der Waals surface area contributed by atoms with Crippen molar-refractivity contribution >= 4 is 18.3 Å². The lowest BCUT2D eigenvalue weighted by molar-refractivity contribution is -0.108. The maximum Gasteiger partial charge on any atom is 0.321 e. The fraction of sp³-hybridized carbons (Fsp3) is 0.333. The molecule has 1 aromatic heterocycles. The molecule has 0 saturated heterocycles. The van der Waals surface area contributed by atoms with E-state index in [4.69, 9.17) is 4.74 Å². The van der Waals surface area contributed by atoms with E-state index in [9.17, 15) is 14.4 Å². The third-order valence-corrected chi connectivity index (χ3v) is 6.59. The summed E-state index contributed by atoms with van der Waals surface area (Å²) in [5.41, 5.74) is 4.39. The van der Waals surface area contributed by atoms with Gasteiger partial charge in [0.25, 0.3) is 5.91 Å².